The molecule has 0 fully saturated rings. The van der Waals surface area contributed by atoms with E-state index >= 15 is 0 Å². The predicted octanol–water partition coefficient (Wildman–Crippen LogP) is 4.35. The van der Waals surface area contributed by atoms with E-state index in [1.165, 1.54) is 12.1 Å². The number of rotatable bonds is 6. The number of nitrogens with one attached hydrogen (secondary N) is 2. The van der Waals surface area contributed by atoms with Crippen molar-refractivity contribution in [2.75, 3.05) is 6.54 Å². The minimum atomic E-state index is -0.258. The third kappa shape index (κ3) is 6.35. The first-order valence-electron chi connectivity index (χ1n) is 8.51. The summed E-state index contributed by atoms with van der Waals surface area (Å²) in [7, 11) is 0. The SMILES string of the molecule is CCNC(=NCc1cccc(F)c1)NCc1coc(-c2ccccc2)n1.I. The lowest BCUT2D eigenvalue weighted by Crippen LogP contribution is -2.36. The zero-order chi connectivity index (χ0) is 18.2. The van der Waals surface area contributed by atoms with Gasteiger partial charge < -0.3 is 15.1 Å². The molecule has 0 saturated carbocycles. The molecule has 0 aliphatic heterocycles. The monoisotopic (exact) mass is 480 g/mol. The van der Waals surface area contributed by atoms with Crippen LogP contribution < -0.4 is 10.6 Å². The molecule has 27 heavy (non-hydrogen) atoms. The van der Waals surface area contributed by atoms with Crippen molar-refractivity contribution in [2.45, 2.75) is 20.0 Å². The van der Waals surface area contributed by atoms with Gasteiger partial charge in [-0.05, 0) is 36.8 Å². The smallest absolute Gasteiger partial charge is 0.226 e. The van der Waals surface area contributed by atoms with Crippen molar-refractivity contribution in [3.8, 4) is 11.5 Å². The third-order valence-corrected chi connectivity index (χ3v) is 3.66. The molecule has 3 rings (SSSR count). The van der Waals surface area contributed by atoms with Crippen LogP contribution in [0.5, 0.6) is 0 Å². The summed E-state index contributed by atoms with van der Waals surface area (Å²) in [6.45, 7) is 3.58. The lowest BCUT2D eigenvalue weighted by atomic mass is 10.2. The fourth-order valence-electron chi connectivity index (χ4n) is 2.42. The lowest BCUT2D eigenvalue weighted by molar-refractivity contribution is 0.572. The summed E-state index contributed by atoms with van der Waals surface area (Å²) < 4.78 is 18.8. The van der Waals surface area contributed by atoms with Gasteiger partial charge in [-0.2, -0.15) is 0 Å². The van der Waals surface area contributed by atoms with Crippen LogP contribution in [0.15, 0.2) is 70.3 Å². The zero-order valence-corrected chi connectivity index (χ0v) is 17.3. The fourth-order valence-corrected chi connectivity index (χ4v) is 2.42. The largest absolute Gasteiger partial charge is 0.444 e. The average Bonchev–Trinajstić information content (AvgIpc) is 3.14. The molecule has 142 valence electrons. The minimum absolute atomic E-state index is 0. The van der Waals surface area contributed by atoms with E-state index in [4.69, 9.17) is 4.42 Å². The molecule has 0 atom stereocenters. The maximum Gasteiger partial charge on any atom is 0.226 e. The first-order chi connectivity index (χ1) is 12.7. The highest BCUT2D eigenvalue weighted by Crippen LogP contribution is 2.17. The van der Waals surface area contributed by atoms with Crippen molar-refractivity contribution in [3.05, 3.63) is 77.9 Å². The Hall–Kier alpha value is -2.42. The fraction of sp³-hybridized carbons (Fsp3) is 0.200. The van der Waals surface area contributed by atoms with E-state index in [0.717, 1.165) is 23.4 Å². The molecule has 7 heteroatoms. The predicted molar refractivity (Wildman–Crippen MR) is 115 cm³/mol. The maximum absolute atomic E-state index is 13.3. The zero-order valence-electron chi connectivity index (χ0n) is 15.0. The number of benzene rings is 2. The van der Waals surface area contributed by atoms with Crippen LogP contribution in [-0.2, 0) is 13.1 Å². The van der Waals surface area contributed by atoms with E-state index in [1.54, 1.807) is 12.3 Å². The number of hydrogen-bond donors (Lipinski definition) is 2. The highest BCUT2D eigenvalue weighted by molar-refractivity contribution is 14.0. The van der Waals surface area contributed by atoms with Crippen LogP contribution in [0.25, 0.3) is 11.5 Å². The second-order valence-electron chi connectivity index (χ2n) is 5.69. The van der Waals surface area contributed by atoms with Gasteiger partial charge in [-0.15, -0.1) is 24.0 Å². The molecule has 0 aliphatic carbocycles. The molecular formula is C20H22FIN4O. The van der Waals surface area contributed by atoms with Gasteiger partial charge in [0.15, 0.2) is 5.96 Å². The summed E-state index contributed by atoms with van der Waals surface area (Å²) in [6, 6.07) is 16.2. The molecule has 1 heterocycles. The van der Waals surface area contributed by atoms with Gasteiger partial charge in [-0.1, -0.05) is 30.3 Å². The second-order valence-corrected chi connectivity index (χ2v) is 5.69. The van der Waals surface area contributed by atoms with Gasteiger partial charge in [0.2, 0.25) is 5.89 Å². The average molecular weight is 480 g/mol. The van der Waals surface area contributed by atoms with Gasteiger partial charge in [0.05, 0.1) is 18.8 Å². The van der Waals surface area contributed by atoms with Crippen molar-refractivity contribution < 1.29 is 8.81 Å². The Bertz CT molecular complexity index is 867. The Morgan fingerprint density at radius 2 is 1.93 bits per heavy atom. The third-order valence-electron chi connectivity index (χ3n) is 3.66. The molecule has 0 unspecified atom stereocenters. The molecule has 5 nitrogen and oxygen atoms in total. The van der Waals surface area contributed by atoms with Crippen LogP contribution in [-0.4, -0.2) is 17.5 Å². The minimum Gasteiger partial charge on any atom is -0.444 e. The van der Waals surface area contributed by atoms with Gasteiger partial charge >= 0.3 is 0 Å². The van der Waals surface area contributed by atoms with Crippen molar-refractivity contribution >= 4 is 29.9 Å². The number of halogens is 2. The van der Waals surface area contributed by atoms with Crippen molar-refractivity contribution in [2.24, 2.45) is 4.99 Å². The second kappa shape index (κ2) is 10.7. The van der Waals surface area contributed by atoms with E-state index in [0.29, 0.717) is 24.9 Å². The molecule has 0 saturated heterocycles. The van der Waals surface area contributed by atoms with E-state index in [-0.39, 0.29) is 29.8 Å². The summed E-state index contributed by atoms with van der Waals surface area (Å²) >= 11 is 0. The molecule has 0 bridgehead atoms. The molecule has 3 aromatic rings. The van der Waals surface area contributed by atoms with Crippen LogP contribution in [0.1, 0.15) is 18.2 Å². The van der Waals surface area contributed by atoms with Gasteiger partial charge in [0.1, 0.15) is 12.1 Å². The summed E-state index contributed by atoms with van der Waals surface area (Å²) in [5, 5.41) is 6.37. The maximum atomic E-state index is 13.3. The van der Waals surface area contributed by atoms with Crippen LogP contribution in [0.2, 0.25) is 0 Å². The Morgan fingerprint density at radius 3 is 2.67 bits per heavy atom. The standard InChI is InChI=1S/C20H21FN4O.HI/c1-2-22-20(23-12-15-7-6-10-17(21)11-15)24-13-18-14-26-19(25-18)16-8-4-3-5-9-16;/h3-11,14H,2,12-13H2,1H3,(H2,22,23,24);1H. The summed E-state index contributed by atoms with van der Waals surface area (Å²) in [6.07, 6.45) is 1.63. The summed E-state index contributed by atoms with van der Waals surface area (Å²) in [5.74, 6) is 0.969. The summed E-state index contributed by atoms with van der Waals surface area (Å²) in [5.41, 5.74) is 2.53. The van der Waals surface area contributed by atoms with Crippen molar-refractivity contribution in [1.29, 1.82) is 0 Å². The lowest BCUT2D eigenvalue weighted by Gasteiger charge is -2.10. The van der Waals surface area contributed by atoms with E-state index < -0.39 is 0 Å². The molecule has 0 aliphatic rings. The molecule has 0 radical (unpaired) electrons. The first kappa shape index (κ1) is 20.9. The quantitative estimate of drug-likeness (QED) is 0.313. The van der Waals surface area contributed by atoms with Crippen molar-refractivity contribution in [3.63, 3.8) is 0 Å². The van der Waals surface area contributed by atoms with Crippen LogP contribution in [0.3, 0.4) is 0 Å². The van der Waals surface area contributed by atoms with Crippen LogP contribution >= 0.6 is 24.0 Å². The molecule has 0 amide bonds. The van der Waals surface area contributed by atoms with E-state index in [2.05, 4.69) is 20.6 Å². The number of guanidine groups is 1. The van der Waals surface area contributed by atoms with Gasteiger partial charge in [-0.25, -0.2) is 14.4 Å². The summed E-state index contributed by atoms with van der Waals surface area (Å²) in [4.78, 5) is 8.96. The highest BCUT2D eigenvalue weighted by atomic mass is 127. The number of nitrogens with zero attached hydrogens (tertiary/aromatic N) is 2. The van der Waals surface area contributed by atoms with E-state index in [9.17, 15) is 4.39 Å². The number of aromatic nitrogens is 1. The van der Waals surface area contributed by atoms with Gasteiger partial charge in [-0.3, -0.25) is 0 Å². The Kier molecular flexibility index (Phi) is 8.25. The molecule has 1 aromatic heterocycles. The Morgan fingerprint density at radius 1 is 1.11 bits per heavy atom. The highest BCUT2D eigenvalue weighted by Gasteiger charge is 2.07. The first-order valence-corrected chi connectivity index (χ1v) is 8.51. The number of oxazole rings is 1. The topological polar surface area (TPSA) is 62.5 Å². The molecule has 0 spiro atoms. The molecule has 2 aromatic carbocycles. The number of hydrogen-bond acceptors (Lipinski definition) is 3. The molecular weight excluding hydrogens is 458 g/mol. The van der Waals surface area contributed by atoms with Crippen LogP contribution in [0, 0.1) is 5.82 Å². The van der Waals surface area contributed by atoms with Crippen molar-refractivity contribution in [1.82, 2.24) is 15.6 Å². The number of aliphatic imine (C=N–C) groups is 1. The van der Waals surface area contributed by atoms with Gasteiger partial charge in [0.25, 0.3) is 0 Å². The normalized spacial score (nSPS) is 11.0. The molecule has 2 N–H and O–H groups in total. The van der Waals surface area contributed by atoms with Crippen LogP contribution in [0.4, 0.5) is 4.39 Å². The van der Waals surface area contributed by atoms with Gasteiger partial charge in [0, 0.05) is 12.1 Å². The Balaban J connectivity index is 0.00000261. The Labute approximate surface area is 175 Å². The van der Waals surface area contributed by atoms with E-state index in [1.807, 2.05) is 43.3 Å².